The third-order valence-corrected chi connectivity index (χ3v) is 15.3. The summed E-state index contributed by atoms with van der Waals surface area (Å²) in [5.41, 5.74) is 5.57. The average Bonchev–Trinajstić information content (AvgIpc) is 3.41. The highest BCUT2D eigenvalue weighted by Crippen LogP contribution is 2.76. The molecule has 0 heterocycles. The summed E-state index contributed by atoms with van der Waals surface area (Å²) >= 11 is 0. The predicted molar refractivity (Wildman–Crippen MR) is 185 cm³/mol. The molecule has 46 heavy (non-hydrogen) atoms. The Morgan fingerprint density at radius 2 is 1.59 bits per heavy atom. The summed E-state index contributed by atoms with van der Waals surface area (Å²) < 4.78 is 9.93. The standard InChI is InChI=1S/C41H59NO4/c1-26(2)29-16-22-41(42-25-19-34(43)45-8)24-23-39(6)31(35(29)41)14-15-33-38(5)20-17-30(27-10-12-28(13-11-27)36(44)46-9)37(3,4)32(38)18-21-40(33,39)7/h10-13,17,29,31-33,35,42H,1,14-16,18-25H2,2-9H3/t29-,31+,32?,33?,35?,38-,39+,40+,41-/m0/s1. The van der Waals surface area contributed by atoms with E-state index < -0.39 is 0 Å². The molecule has 1 aromatic carbocycles. The maximum Gasteiger partial charge on any atom is 0.337 e. The van der Waals surface area contributed by atoms with Gasteiger partial charge in [0.25, 0.3) is 0 Å². The predicted octanol–water partition coefficient (Wildman–Crippen LogP) is 9.03. The molecule has 252 valence electrons. The summed E-state index contributed by atoms with van der Waals surface area (Å²) in [5, 5.41) is 4.00. The SMILES string of the molecule is C=C(C)[C@@H]1CC[C@]2(NCCC(=O)OC)CC[C@]3(C)[C@H](CCC4[C@@]5(C)CC=C(c6ccc(C(=O)OC)cc6)C(C)(C)C5CC[C@]43C)C12. The largest absolute Gasteiger partial charge is 0.469 e. The monoisotopic (exact) mass is 629 g/mol. The number of benzene rings is 1. The zero-order valence-corrected chi connectivity index (χ0v) is 29.9. The molecule has 9 atom stereocenters. The molecule has 5 aliphatic carbocycles. The summed E-state index contributed by atoms with van der Waals surface area (Å²) in [4.78, 5) is 24.1. The van der Waals surface area contributed by atoms with Gasteiger partial charge >= 0.3 is 11.9 Å². The fourth-order valence-corrected chi connectivity index (χ4v) is 13.0. The van der Waals surface area contributed by atoms with Crippen molar-refractivity contribution in [3.8, 4) is 0 Å². The third-order valence-electron chi connectivity index (χ3n) is 15.3. The molecule has 4 fully saturated rings. The van der Waals surface area contributed by atoms with Crippen molar-refractivity contribution in [2.24, 2.45) is 51.2 Å². The van der Waals surface area contributed by atoms with Gasteiger partial charge in [0, 0.05) is 12.1 Å². The minimum absolute atomic E-state index is 0.0423. The number of allylic oxidation sites excluding steroid dienone is 3. The molecule has 1 aromatic rings. The van der Waals surface area contributed by atoms with Crippen molar-refractivity contribution >= 4 is 17.5 Å². The van der Waals surface area contributed by atoms with Crippen molar-refractivity contribution in [2.75, 3.05) is 20.8 Å². The molecule has 5 aliphatic rings. The quantitative estimate of drug-likeness (QED) is 0.241. The van der Waals surface area contributed by atoms with Crippen LogP contribution in [0.2, 0.25) is 0 Å². The molecule has 4 saturated carbocycles. The highest BCUT2D eigenvalue weighted by molar-refractivity contribution is 5.90. The molecular weight excluding hydrogens is 570 g/mol. The van der Waals surface area contributed by atoms with Crippen LogP contribution >= 0.6 is 0 Å². The number of methoxy groups -OCH3 is 2. The van der Waals surface area contributed by atoms with Gasteiger partial charge in [0.05, 0.1) is 26.2 Å². The Morgan fingerprint density at radius 3 is 2.24 bits per heavy atom. The molecule has 3 unspecified atom stereocenters. The molecule has 5 heteroatoms. The summed E-state index contributed by atoms with van der Waals surface area (Å²) in [6.45, 7) is 20.5. The van der Waals surface area contributed by atoms with E-state index in [9.17, 15) is 9.59 Å². The number of hydrogen-bond acceptors (Lipinski definition) is 5. The summed E-state index contributed by atoms with van der Waals surface area (Å²) in [5.74, 6) is 2.67. The minimum atomic E-state index is -0.282. The maximum absolute atomic E-state index is 12.1. The Labute approximate surface area is 278 Å². The highest BCUT2D eigenvalue weighted by Gasteiger charge is 2.70. The lowest BCUT2D eigenvalue weighted by atomic mass is 9.33. The lowest BCUT2D eigenvalue weighted by molar-refractivity contribution is -0.219. The van der Waals surface area contributed by atoms with Crippen LogP contribution in [0, 0.1) is 51.2 Å². The lowest BCUT2D eigenvalue weighted by Crippen LogP contribution is -2.68. The zero-order chi connectivity index (χ0) is 33.3. The fraction of sp³-hybridized carbons (Fsp3) is 0.707. The first-order valence-corrected chi connectivity index (χ1v) is 18.1. The fourth-order valence-electron chi connectivity index (χ4n) is 13.0. The van der Waals surface area contributed by atoms with Crippen LogP contribution < -0.4 is 5.32 Å². The molecule has 0 amide bonds. The molecule has 1 N–H and O–H groups in total. The molecule has 0 aliphatic heterocycles. The van der Waals surface area contributed by atoms with Crippen LogP contribution in [0.3, 0.4) is 0 Å². The van der Waals surface area contributed by atoms with Crippen molar-refractivity contribution in [2.45, 2.75) is 111 Å². The van der Waals surface area contributed by atoms with Gasteiger partial charge < -0.3 is 14.8 Å². The van der Waals surface area contributed by atoms with E-state index in [0.717, 1.165) is 6.42 Å². The summed E-state index contributed by atoms with van der Waals surface area (Å²) in [7, 11) is 2.93. The number of carbonyl (C=O) groups excluding carboxylic acids is 2. The molecule has 0 saturated heterocycles. The van der Waals surface area contributed by atoms with Crippen molar-refractivity contribution < 1.29 is 19.1 Å². The van der Waals surface area contributed by atoms with Crippen LogP contribution in [-0.4, -0.2) is 38.2 Å². The van der Waals surface area contributed by atoms with Crippen molar-refractivity contribution in [3.05, 3.63) is 53.6 Å². The zero-order valence-electron chi connectivity index (χ0n) is 29.9. The van der Waals surface area contributed by atoms with Crippen LogP contribution in [-0.2, 0) is 14.3 Å². The number of carbonyl (C=O) groups is 2. The Morgan fingerprint density at radius 1 is 0.870 bits per heavy atom. The maximum atomic E-state index is 12.1. The Hall–Kier alpha value is -2.40. The van der Waals surface area contributed by atoms with E-state index in [0.29, 0.717) is 48.1 Å². The molecule has 0 spiro atoms. The van der Waals surface area contributed by atoms with E-state index in [-0.39, 0.29) is 39.1 Å². The van der Waals surface area contributed by atoms with Crippen LogP contribution in [0.5, 0.6) is 0 Å². The molecule has 0 radical (unpaired) electrons. The van der Waals surface area contributed by atoms with Gasteiger partial charge in [0.2, 0.25) is 0 Å². The van der Waals surface area contributed by atoms with Crippen molar-refractivity contribution in [3.63, 3.8) is 0 Å². The number of rotatable bonds is 7. The van der Waals surface area contributed by atoms with E-state index >= 15 is 0 Å². The molecule has 0 bridgehead atoms. The average molecular weight is 630 g/mol. The van der Waals surface area contributed by atoms with E-state index in [1.165, 1.54) is 82.3 Å². The van der Waals surface area contributed by atoms with E-state index in [1.54, 1.807) is 0 Å². The first-order valence-electron chi connectivity index (χ1n) is 18.1. The number of nitrogens with one attached hydrogen (secondary N) is 1. The molecule has 0 aromatic heterocycles. The Bertz CT molecular complexity index is 1410. The van der Waals surface area contributed by atoms with Gasteiger partial charge in [-0.05, 0) is 139 Å². The van der Waals surface area contributed by atoms with Gasteiger partial charge in [-0.25, -0.2) is 4.79 Å². The van der Waals surface area contributed by atoms with Gasteiger partial charge in [-0.1, -0.05) is 65.0 Å². The second-order valence-electron chi connectivity index (χ2n) is 17.2. The Balaban J connectivity index is 1.31. The van der Waals surface area contributed by atoms with Crippen LogP contribution in [0.15, 0.2) is 42.5 Å². The van der Waals surface area contributed by atoms with E-state index in [2.05, 4.69) is 71.6 Å². The topological polar surface area (TPSA) is 64.6 Å². The normalized spacial score (nSPS) is 40.8. The molecule has 6 rings (SSSR count). The highest BCUT2D eigenvalue weighted by atomic mass is 16.5. The van der Waals surface area contributed by atoms with E-state index in [4.69, 9.17) is 9.47 Å². The second kappa shape index (κ2) is 11.6. The van der Waals surface area contributed by atoms with Gasteiger partial charge in [-0.15, -0.1) is 0 Å². The van der Waals surface area contributed by atoms with Crippen LogP contribution in [0.4, 0.5) is 0 Å². The molecular formula is C41H59NO4. The second-order valence-corrected chi connectivity index (χ2v) is 17.2. The van der Waals surface area contributed by atoms with Crippen molar-refractivity contribution in [1.29, 1.82) is 0 Å². The van der Waals surface area contributed by atoms with Crippen LogP contribution in [0.25, 0.3) is 5.57 Å². The van der Waals surface area contributed by atoms with E-state index in [1.807, 2.05) is 12.1 Å². The lowest BCUT2D eigenvalue weighted by Gasteiger charge is -2.72. The van der Waals surface area contributed by atoms with Crippen LogP contribution in [0.1, 0.15) is 122 Å². The Kier molecular flexibility index (Phi) is 8.47. The number of esters is 2. The van der Waals surface area contributed by atoms with Gasteiger partial charge in [-0.2, -0.15) is 0 Å². The summed E-state index contributed by atoms with van der Waals surface area (Å²) in [6.07, 6.45) is 14.1. The minimum Gasteiger partial charge on any atom is -0.469 e. The van der Waals surface area contributed by atoms with Gasteiger partial charge in [-0.3, -0.25) is 4.79 Å². The van der Waals surface area contributed by atoms with Gasteiger partial charge in [0.15, 0.2) is 0 Å². The van der Waals surface area contributed by atoms with Crippen molar-refractivity contribution in [1.82, 2.24) is 5.32 Å². The first kappa shape index (κ1) is 33.5. The smallest absolute Gasteiger partial charge is 0.337 e. The number of ether oxygens (including phenoxy) is 2. The van der Waals surface area contributed by atoms with Gasteiger partial charge in [0.1, 0.15) is 0 Å². The molecule has 5 nitrogen and oxygen atoms in total. The first-order chi connectivity index (χ1) is 21.7. The number of fused-ring (bicyclic) bond motifs is 7. The third kappa shape index (κ3) is 4.79. The summed E-state index contributed by atoms with van der Waals surface area (Å²) in [6, 6.07) is 8.07. The number of hydrogen-bond donors (Lipinski definition) is 1.